The molecule has 0 spiro atoms. The van der Waals surface area contributed by atoms with E-state index in [2.05, 4.69) is 31.0 Å². The van der Waals surface area contributed by atoms with Gasteiger partial charge in [-0.05, 0) is 33.8 Å². The molecule has 5 nitrogen and oxygen atoms in total. The highest BCUT2D eigenvalue weighted by Crippen LogP contribution is 2.24. The molecule has 0 bridgehead atoms. The molecule has 0 aliphatic rings. The van der Waals surface area contributed by atoms with Crippen molar-refractivity contribution >= 4 is 31.8 Å². The van der Waals surface area contributed by atoms with E-state index < -0.39 is 10.0 Å². The molecule has 108 valence electrons. The van der Waals surface area contributed by atoms with Gasteiger partial charge in [0.2, 0.25) is 10.0 Å². The zero-order valence-electron chi connectivity index (χ0n) is 11.6. The summed E-state index contributed by atoms with van der Waals surface area (Å²) >= 11 is 3.24. The number of nitrogens with one attached hydrogen (secondary N) is 2. The molecule has 2 N–H and O–H groups in total. The molecule has 0 radical (unpaired) electrons. The summed E-state index contributed by atoms with van der Waals surface area (Å²) in [7, 11) is -1.93. The van der Waals surface area contributed by atoms with E-state index in [0.717, 1.165) is 6.42 Å². The Labute approximate surface area is 123 Å². The van der Waals surface area contributed by atoms with Crippen molar-refractivity contribution < 1.29 is 8.42 Å². The van der Waals surface area contributed by atoms with Crippen LogP contribution in [0.4, 0.5) is 5.82 Å². The van der Waals surface area contributed by atoms with Gasteiger partial charge in [-0.1, -0.05) is 20.8 Å². The van der Waals surface area contributed by atoms with Gasteiger partial charge in [0.05, 0.1) is 0 Å². The Bertz CT molecular complexity index is 544. The second-order valence-electron chi connectivity index (χ2n) is 5.09. The van der Waals surface area contributed by atoms with E-state index in [-0.39, 0.29) is 10.3 Å². The monoisotopic (exact) mass is 349 g/mol. The van der Waals surface area contributed by atoms with Crippen molar-refractivity contribution in [1.82, 2.24) is 9.71 Å². The number of hydrogen-bond acceptors (Lipinski definition) is 4. The van der Waals surface area contributed by atoms with Crippen LogP contribution in [0.3, 0.4) is 0 Å². The summed E-state index contributed by atoms with van der Waals surface area (Å²) in [5, 5.41) is 2.79. The number of hydrogen-bond donors (Lipinski definition) is 2. The predicted molar refractivity (Wildman–Crippen MR) is 80.7 cm³/mol. The van der Waals surface area contributed by atoms with Crippen LogP contribution >= 0.6 is 15.9 Å². The van der Waals surface area contributed by atoms with E-state index in [9.17, 15) is 8.42 Å². The average Bonchev–Trinajstić information content (AvgIpc) is 2.37. The summed E-state index contributed by atoms with van der Waals surface area (Å²) in [6.07, 6.45) is 2.45. The molecule has 0 unspecified atom stereocenters. The van der Waals surface area contributed by atoms with Crippen molar-refractivity contribution in [3.8, 4) is 0 Å². The highest BCUT2D eigenvalue weighted by Gasteiger charge is 2.23. The lowest BCUT2D eigenvalue weighted by atomic mass is 9.91. The molecule has 0 fully saturated rings. The average molecular weight is 350 g/mol. The van der Waals surface area contributed by atoms with Gasteiger partial charge in [-0.3, -0.25) is 0 Å². The third-order valence-corrected chi connectivity index (χ3v) is 4.89. The Morgan fingerprint density at radius 3 is 2.58 bits per heavy atom. The van der Waals surface area contributed by atoms with E-state index in [1.54, 1.807) is 19.3 Å². The largest absolute Gasteiger partial charge is 0.372 e. The maximum absolute atomic E-state index is 12.3. The maximum Gasteiger partial charge on any atom is 0.244 e. The maximum atomic E-state index is 12.3. The van der Waals surface area contributed by atoms with Crippen LogP contribution < -0.4 is 10.0 Å². The molecule has 0 saturated heterocycles. The zero-order chi connectivity index (χ0) is 14.7. The topological polar surface area (TPSA) is 71.1 Å². The number of sulfonamides is 1. The highest BCUT2D eigenvalue weighted by molar-refractivity contribution is 9.10. The molecule has 1 aromatic heterocycles. The van der Waals surface area contributed by atoms with Crippen LogP contribution in [0.25, 0.3) is 0 Å². The van der Waals surface area contributed by atoms with Crippen LogP contribution in [0.15, 0.2) is 21.6 Å². The molecule has 1 aromatic rings. The normalized spacial score (nSPS) is 12.5. The molecule has 1 rings (SSSR count). The smallest absolute Gasteiger partial charge is 0.244 e. The van der Waals surface area contributed by atoms with Crippen LogP contribution in [-0.2, 0) is 10.0 Å². The standard InChI is InChI=1S/C12H20BrN3O2S/c1-5-12(2,3)8-16-19(17,18)10-6-9(13)7-15-11(10)14-4/h6-7,16H,5,8H2,1-4H3,(H,14,15). The molecule has 0 amide bonds. The van der Waals surface area contributed by atoms with Crippen molar-refractivity contribution in [1.29, 1.82) is 0 Å². The number of halogens is 1. The zero-order valence-corrected chi connectivity index (χ0v) is 14.0. The minimum Gasteiger partial charge on any atom is -0.372 e. The first-order chi connectivity index (χ1) is 8.72. The number of pyridine rings is 1. The second-order valence-corrected chi connectivity index (χ2v) is 7.74. The van der Waals surface area contributed by atoms with Crippen LogP contribution in [0.5, 0.6) is 0 Å². The van der Waals surface area contributed by atoms with Gasteiger partial charge in [-0.2, -0.15) is 0 Å². The first-order valence-corrected chi connectivity index (χ1v) is 8.32. The van der Waals surface area contributed by atoms with Gasteiger partial charge in [0, 0.05) is 24.3 Å². The quantitative estimate of drug-likeness (QED) is 0.827. The third kappa shape index (κ3) is 4.43. The summed E-state index contributed by atoms with van der Waals surface area (Å²) in [4.78, 5) is 4.20. The third-order valence-electron chi connectivity index (χ3n) is 3.04. The van der Waals surface area contributed by atoms with Gasteiger partial charge in [0.1, 0.15) is 10.7 Å². The lowest BCUT2D eigenvalue weighted by Gasteiger charge is -2.23. The van der Waals surface area contributed by atoms with Crippen molar-refractivity contribution in [2.24, 2.45) is 5.41 Å². The SMILES string of the molecule is CCC(C)(C)CNS(=O)(=O)c1cc(Br)cnc1NC. The van der Waals surface area contributed by atoms with Crippen molar-refractivity contribution in [2.75, 3.05) is 18.9 Å². The van der Waals surface area contributed by atoms with E-state index in [1.165, 1.54) is 0 Å². The molecular weight excluding hydrogens is 330 g/mol. The van der Waals surface area contributed by atoms with Crippen LogP contribution in [-0.4, -0.2) is 27.0 Å². The molecule has 0 aliphatic carbocycles. The molecular formula is C12H20BrN3O2S. The summed E-state index contributed by atoms with van der Waals surface area (Å²) in [6.45, 7) is 6.47. The first kappa shape index (κ1) is 16.4. The Morgan fingerprint density at radius 2 is 2.05 bits per heavy atom. The summed E-state index contributed by atoms with van der Waals surface area (Å²) in [6, 6.07) is 1.54. The highest BCUT2D eigenvalue weighted by atomic mass is 79.9. The van der Waals surface area contributed by atoms with Crippen molar-refractivity contribution in [2.45, 2.75) is 32.1 Å². The molecule has 0 aromatic carbocycles. The number of aromatic nitrogens is 1. The van der Waals surface area contributed by atoms with Crippen molar-refractivity contribution in [3.05, 3.63) is 16.7 Å². The van der Waals surface area contributed by atoms with E-state index >= 15 is 0 Å². The molecule has 0 aliphatic heterocycles. The minimum absolute atomic E-state index is 0.0771. The van der Waals surface area contributed by atoms with Crippen molar-refractivity contribution in [3.63, 3.8) is 0 Å². The first-order valence-electron chi connectivity index (χ1n) is 6.05. The summed E-state index contributed by atoms with van der Waals surface area (Å²) < 4.78 is 27.9. The van der Waals surface area contributed by atoms with Gasteiger partial charge in [-0.15, -0.1) is 0 Å². The number of rotatable bonds is 6. The lowest BCUT2D eigenvalue weighted by molar-refractivity contribution is 0.350. The van der Waals surface area contributed by atoms with Gasteiger partial charge < -0.3 is 5.32 Å². The molecule has 7 heteroatoms. The summed E-state index contributed by atoms with van der Waals surface area (Å²) in [5.74, 6) is 0.338. The fraction of sp³-hybridized carbons (Fsp3) is 0.583. The van der Waals surface area contributed by atoms with Gasteiger partial charge in [0.25, 0.3) is 0 Å². The minimum atomic E-state index is -3.57. The summed E-state index contributed by atoms with van der Waals surface area (Å²) in [5.41, 5.74) is -0.0771. The van der Waals surface area contributed by atoms with Gasteiger partial charge in [-0.25, -0.2) is 18.1 Å². The molecule has 1 heterocycles. The molecule has 0 saturated carbocycles. The van der Waals surface area contributed by atoms with E-state index in [0.29, 0.717) is 16.8 Å². The van der Waals surface area contributed by atoms with Gasteiger partial charge in [0.15, 0.2) is 0 Å². The lowest BCUT2D eigenvalue weighted by Crippen LogP contribution is -2.34. The predicted octanol–water partition coefficient (Wildman–Crippen LogP) is 2.60. The number of anilines is 1. The Balaban J connectivity index is 3.04. The Morgan fingerprint density at radius 1 is 1.42 bits per heavy atom. The van der Waals surface area contributed by atoms with Crippen LogP contribution in [0.1, 0.15) is 27.2 Å². The Kier molecular flexibility index (Phi) is 5.34. The molecule has 19 heavy (non-hydrogen) atoms. The fourth-order valence-electron chi connectivity index (χ4n) is 1.31. The molecule has 0 atom stereocenters. The number of nitrogens with zero attached hydrogens (tertiary/aromatic N) is 1. The fourth-order valence-corrected chi connectivity index (χ4v) is 3.22. The van der Waals surface area contributed by atoms with E-state index in [4.69, 9.17) is 0 Å². The second kappa shape index (κ2) is 6.19. The van der Waals surface area contributed by atoms with Crippen LogP contribution in [0, 0.1) is 5.41 Å². The van der Waals surface area contributed by atoms with Gasteiger partial charge >= 0.3 is 0 Å². The van der Waals surface area contributed by atoms with Crippen LogP contribution in [0.2, 0.25) is 0 Å². The van der Waals surface area contributed by atoms with E-state index in [1.807, 2.05) is 20.8 Å². The Hall–Kier alpha value is -0.660.